The summed E-state index contributed by atoms with van der Waals surface area (Å²) in [5.74, 6) is -0.479. The lowest BCUT2D eigenvalue weighted by Crippen LogP contribution is -2.03. The van der Waals surface area contributed by atoms with Gasteiger partial charge in [-0.25, -0.2) is 9.78 Å². The fourth-order valence-corrected chi connectivity index (χ4v) is 1.09. The number of carbonyl (C=O) groups is 1. The van der Waals surface area contributed by atoms with Crippen molar-refractivity contribution in [2.45, 2.75) is 0 Å². The molecule has 0 saturated heterocycles. The fourth-order valence-electron chi connectivity index (χ4n) is 0.934. The number of aromatic nitrogens is 2. The smallest absolute Gasteiger partial charge is 0.373 e. The molecule has 0 radical (unpaired) electrons. The Bertz CT molecular complexity index is 516. The summed E-state index contributed by atoms with van der Waals surface area (Å²) in [5, 5.41) is 0.473. The molecule has 0 aliphatic heterocycles. The standard InChI is InChI=1S/C7H6ClNO2.C5H5N.CO2/c1-11-7(10)6-4-5(8)2-3-9-6;1-2-4-6-5-3-1;2-1-3/h2-4H,1H3;1-5H;. The Morgan fingerprint density at radius 2 is 1.80 bits per heavy atom. The van der Waals surface area contributed by atoms with E-state index in [-0.39, 0.29) is 11.8 Å². The van der Waals surface area contributed by atoms with Crippen LogP contribution >= 0.6 is 11.6 Å². The Balaban J connectivity index is 0.000000336. The van der Waals surface area contributed by atoms with Crippen LogP contribution in [0.15, 0.2) is 48.9 Å². The predicted molar refractivity (Wildman–Crippen MR) is 69.8 cm³/mol. The molecule has 0 amide bonds. The minimum absolute atomic E-state index is 0.222. The van der Waals surface area contributed by atoms with Crippen LogP contribution in [0.4, 0.5) is 0 Å². The van der Waals surface area contributed by atoms with E-state index in [1.165, 1.54) is 19.4 Å². The molecule has 0 N–H and O–H groups in total. The molecule has 0 fully saturated rings. The molecule has 0 aliphatic rings. The van der Waals surface area contributed by atoms with Gasteiger partial charge >= 0.3 is 12.1 Å². The summed E-state index contributed by atoms with van der Waals surface area (Å²) in [5.41, 5.74) is 0.222. The number of ether oxygens (including phenoxy) is 1. The average molecular weight is 295 g/mol. The van der Waals surface area contributed by atoms with Gasteiger partial charge in [-0.05, 0) is 24.3 Å². The number of esters is 1. The quantitative estimate of drug-likeness (QED) is 0.748. The Kier molecular flexibility index (Phi) is 10.1. The number of hydrogen-bond acceptors (Lipinski definition) is 6. The van der Waals surface area contributed by atoms with Gasteiger partial charge in [0.15, 0.2) is 0 Å². The largest absolute Gasteiger partial charge is 0.464 e. The zero-order chi connectivity index (χ0) is 15.2. The maximum atomic E-state index is 10.8. The molecule has 20 heavy (non-hydrogen) atoms. The molecule has 7 heteroatoms. The van der Waals surface area contributed by atoms with Crippen molar-refractivity contribution < 1.29 is 19.1 Å². The van der Waals surface area contributed by atoms with E-state index in [0.29, 0.717) is 5.02 Å². The molecule has 0 unspecified atom stereocenters. The van der Waals surface area contributed by atoms with Gasteiger partial charge in [0.25, 0.3) is 0 Å². The molecule has 0 aromatic carbocycles. The third-order valence-corrected chi connectivity index (χ3v) is 1.92. The summed E-state index contributed by atoms with van der Waals surface area (Å²) in [7, 11) is 1.30. The lowest BCUT2D eigenvalue weighted by Gasteiger charge is -1.96. The van der Waals surface area contributed by atoms with E-state index in [4.69, 9.17) is 21.2 Å². The van der Waals surface area contributed by atoms with Crippen molar-refractivity contribution in [3.05, 3.63) is 59.6 Å². The summed E-state index contributed by atoms with van der Waals surface area (Å²) in [6.45, 7) is 0. The summed E-state index contributed by atoms with van der Waals surface area (Å²) in [4.78, 5) is 34.6. The second-order valence-corrected chi connectivity index (χ2v) is 3.40. The second kappa shape index (κ2) is 11.5. The summed E-state index contributed by atoms with van der Waals surface area (Å²) >= 11 is 5.60. The maximum Gasteiger partial charge on any atom is 0.373 e. The van der Waals surface area contributed by atoms with E-state index in [9.17, 15) is 4.79 Å². The highest BCUT2D eigenvalue weighted by atomic mass is 35.5. The van der Waals surface area contributed by atoms with Gasteiger partial charge in [0.05, 0.1) is 7.11 Å². The van der Waals surface area contributed by atoms with Gasteiger partial charge in [0.1, 0.15) is 5.69 Å². The fraction of sp³-hybridized carbons (Fsp3) is 0.0769. The Labute approximate surface area is 120 Å². The monoisotopic (exact) mass is 294 g/mol. The van der Waals surface area contributed by atoms with Gasteiger partial charge in [0, 0.05) is 23.6 Å². The van der Waals surface area contributed by atoms with E-state index >= 15 is 0 Å². The van der Waals surface area contributed by atoms with Crippen molar-refractivity contribution in [3.63, 3.8) is 0 Å². The highest BCUT2D eigenvalue weighted by Gasteiger charge is 2.05. The topological polar surface area (TPSA) is 86.2 Å². The van der Waals surface area contributed by atoms with Crippen molar-refractivity contribution >= 4 is 23.7 Å². The van der Waals surface area contributed by atoms with Crippen LogP contribution in [-0.4, -0.2) is 29.2 Å². The van der Waals surface area contributed by atoms with Gasteiger partial charge in [0.2, 0.25) is 0 Å². The average Bonchev–Trinajstić information content (AvgIpc) is 2.49. The van der Waals surface area contributed by atoms with Crippen LogP contribution in [0.2, 0.25) is 5.02 Å². The first kappa shape index (κ1) is 17.4. The van der Waals surface area contributed by atoms with E-state index in [1.54, 1.807) is 18.5 Å². The normalized spacial score (nSPS) is 7.90. The zero-order valence-electron chi connectivity index (χ0n) is 10.5. The maximum absolute atomic E-state index is 10.8. The van der Waals surface area contributed by atoms with Crippen molar-refractivity contribution in [1.82, 2.24) is 9.97 Å². The zero-order valence-corrected chi connectivity index (χ0v) is 11.3. The molecular formula is C13H11ClN2O4. The molecule has 0 atom stereocenters. The Morgan fingerprint density at radius 1 is 1.20 bits per heavy atom. The van der Waals surface area contributed by atoms with E-state index in [1.807, 2.05) is 18.2 Å². The lowest BCUT2D eigenvalue weighted by atomic mass is 10.3. The molecule has 6 nitrogen and oxygen atoms in total. The highest BCUT2D eigenvalue weighted by molar-refractivity contribution is 6.30. The van der Waals surface area contributed by atoms with Crippen molar-refractivity contribution in [2.75, 3.05) is 7.11 Å². The van der Waals surface area contributed by atoms with Crippen LogP contribution in [0.3, 0.4) is 0 Å². The van der Waals surface area contributed by atoms with Gasteiger partial charge in [-0.1, -0.05) is 17.7 Å². The number of methoxy groups -OCH3 is 1. The molecule has 0 spiro atoms. The number of hydrogen-bond donors (Lipinski definition) is 0. The first-order valence-corrected chi connectivity index (χ1v) is 5.57. The third kappa shape index (κ3) is 8.52. The number of carbonyl (C=O) groups excluding carboxylic acids is 3. The van der Waals surface area contributed by atoms with Gasteiger partial charge in [-0.15, -0.1) is 0 Å². The van der Waals surface area contributed by atoms with Crippen molar-refractivity contribution in [1.29, 1.82) is 0 Å². The first-order valence-electron chi connectivity index (χ1n) is 5.19. The molecule has 0 saturated carbocycles. The highest BCUT2D eigenvalue weighted by Crippen LogP contribution is 2.08. The van der Waals surface area contributed by atoms with Gasteiger partial charge in [-0.3, -0.25) is 4.98 Å². The Hall–Kier alpha value is -2.56. The predicted octanol–water partition coefficient (Wildman–Crippen LogP) is 2.02. The molecule has 2 aromatic heterocycles. The SMILES string of the molecule is COC(=O)c1cc(Cl)ccn1.O=C=O.c1ccncc1. The van der Waals surface area contributed by atoms with Crippen LogP contribution in [0.5, 0.6) is 0 Å². The molecular weight excluding hydrogens is 284 g/mol. The molecule has 0 aliphatic carbocycles. The number of pyridine rings is 2. The first-order chi connectivity index (χ1) is 9.65. The number of nitrogens with zero attached hydrogens (tertiary/aromatic N) is 2. The summed E-state index contributed by atoms with van der Waals surface area (Å²) in [6.07, 6.45) is 5.20. The molecule has 2 aromatic rings. The number of halogens is 1. The molecule has 104 valence electrons. The lowest BCUT2D eigenvalue weighted by molar-refractivity contribution is -0.191. The van der Waals surface area contributed by atoms with E-state index < -0.39 is 5.97 Å². The minimum atomic E-state index is -0.479. The minimum Gasteiger partial charge on any atom is -0.464 e. The summed E-state index contributed by atoms with van der Waals surface area (Å²) < 4.78 is 4.43. The van der Waals surface area contributed by atoms with Crippen LogP contribution in [0, 0.1) is 0 Å². The van der Waals surface area contributed by atoms with E-state index in [0.717, 1.165) is 0 Å². The molecule has 2 heterocycles. The number of rotatable bonds is 1. The van der Waals surface area contributed by atoms with Crippen molar-refractivity contribution in [3.8, 4) is 0 Å². The third-order valence-electron chi connectivity index (χ3n) is 1.68. The van der Waals surface area contributed by atoms with Crippen LogP contribution in [0.1, 0.15) is 10.5 Å². The second-order valence-electron chi connectivity index (χ2n) is 2.96. The van der Waals surface area contributed by atoms with Gasteiger partial charge < -0.3 is 4.74 Å². The molecule has 0 bridgehead atoms. The van der Waals surface area contributed by atoms with E-state index in [2.05, 4.69) is 14.7 Å². The van der Waals surface area contributed by atoms with Crippen molar-refractivity contribution in [2.24, 2.45) is 0 Å². The van der Waals surface area contributed by atoms with Gasteiger partial charge in [-0.2, -0.15) is 9.59 Å². The van der Waals surface area contributed by atoms with Crippen LogP contribution in [0.25, 0.3) is 0 Å². The van der Waals surface area contributed by atoms with Crippen LogP contribution < -0.4 is 0 Å². The summed E-state index contributed by atoms with van der Waals surface area (Å²) in [6, 6.07) is 8.76. The van der Waals surface area contributed by atoms with Crippen LogP contribution in [-0.2, 0) is 14.3 Å². The molecule has 2 rings (SSSR count). The Morgan fingerprint density at radius 3 is 2.15 bits per heavy atom.